The van der Waals surface area contributed by atoms with E-state index < -0.39 is 5.60 Å². The van der Waals surface area contributed by atoms with Gasteiger partial charge in [-0.15, -0.1) is 0 Å². The highest BCUT2D eigenvalue weighted by Crippen LogP contribution is 2.35. The first-order valence-corrected chi connectivity index (χ1v) is 8.99. The summed E-state index contributed by atoms with van der Waals surface area (Å²) in [6.45, 7) is 2.67. The summed E-state index contributed by atoms with van der Waals surface area (Å²) in [5.74, 6) is 1.58. The van der Waals surface area contributed by atoms with E-state index in [0.29, 0.717) is 26.3 Å². The molecule has 2 N–H and O–H groups in total. The molecular formula is C19H25N3O3. The van der Waals surface area contributed by atoms with Gasteiger partial charge in [-0.2, -0.15) is 5.10 Å². The van der Waals surface area contributed by atoms with Crippen LogP contribution < -0.4 is 14.8 Å². The number of hydrogen-bond donors (Lipinski definition) is 2. The molecule has 0 saturated heterocycles. The van der Waals surface area contributed by atoms with Crippen molar-refractivity contribution >= 4 is 0 Å². The standard InChI is InChI=1S/C19H25N3O3/c1-22-12-15(11-20-13-19(23)6-2-7-19)18(21-22)14-4-5-16-17(10-14)25-9-3-8-24-16/h4-5,10,12,20,23H,2-3,6-9,11,13H2,1H3. The molecule has 0 radical (unpaired) electrons. The normalized spacial score (nSPS) is 18.5. The molecule has 0 spiro atoms. The van der Waals surface area contributed by atoms with Crippen molar-refractivity contribution in [3.63, 3.8) is 0 Å². The number of aromatic nitrogens is 2. The lowest BCUT2D eigenvalue weighted by atomic mass is 9.80. The minimum Gasteiger partial charge on any atom is -0.490 e. The van der Waals surface area contributed by atoms with Crippen molar-refractivity contribution in [1.82, 2.24) is 15.1 Å². The monoisotopic (exact) mass is 343 g/mol. The van der Waals surface area contributed by atoms with Crippen LogP contribution in [0, 0.1) is 0 Å². The summed E-state index contributed by atoms with van der Waals surface area (Å²) in [7, 11) is 1.93. The second-order valence-corrected chi connectivity index (χ2v) is 7.07. The number of benzene rings is 1. The Labute approximate surface area is 147 Å². The summed E-state index contributed by atoms with van der Waals surface area (Å²) in [6, 6.07) is 5.99. The number of hydrogen-bond acceptors (Lipinski definition) is 5. The van der Waals surface area contributed by atoms with Crippen LogP contribution in [0.4, 0.5) is 0 Å². The molecule has 2 heterocycles. The molecule has 25 heavy (non-hydrogen) atoms. The molecule has 1 aliphatic carbocycles. The van der Waals surface area contributed by atoms with Crippen molar-refractivity contribution < 1.29 is 14.6 Å². The third-order valence-electron chi connectivity index (χ3n) is 4.98. The van der Waals surface area contributed by atoms with Crippen LogP contribution in [-0.2, 0) is 13.6 Å². The van der Waals surface area contributed by atoms with Crippen LogP contribution >= 0.6 is 0 Å². The van der Waals surface area contributed by atoms with Gasteiger partial charge in [-0.25, -0.2) is 0 Å². The maximum Gasteiger partial charge on any atom is 0.161 e. The van der Waals surface area contributed by atoms with Crippen LogP contribution in [0.5, 0.6) is 11.5 Å². The number of fused-ring (bicyclic) bond motifs is 1. The number of ether oxygens (including phenoxy) is 2. The van der Waals surface area contributed by atoms with E-state index >= 15 is 0 Å². The van der Waals surface area contributed by atoms with Gasteiger partial charge in [0.05, 0.1) is 24.5 Å². The first-order valence-electron chi connectivity index (χ1n) is 8.99. The zero-order chi connectivity index (χ0) is 17.3. The Balaban J connectivity index is 1.53. The second-order valence-electron chi connectivity index (χ2n) is 7.07. The molecule has 4 rings (SSSR count). The van der Waals surface area contributed by atoms with Crippen LogP contribution in [0.15, 0.2) is 24.4 Å². The summed E-state index contributed by atoms with van der Waals surface area (Å²) in [4.78, 5) is 0. The van der Waals surface area contributed by atoms with Crippen molar-refractivity contribution in [3.05, 3.63) is 30.0 Å². The Morgan fingerprint density at radius 2 is 2.00 bits per heavy atom. The van der Waals surface area contributed by atoms with Gasteiger partial charge in [0.1, 0.15) is 0 Å². The fourth-order valence-electron chi connectivity index (χ4n) is 3.41. The van der Waals surface area contributed by atoms with Gasteiger partial charge >= 0.3 is 0 Å². The van der Waals surface area contributed by atoms with Gasteiger partial charge in [0.15, 0.2) is 11.5 Å². The van der Waals surface area contributed by atoms with Gasteiger partial charge in [0, 0.05) is 43.9 Å². The quantitative estimate of drug-likeness (QED) is 0.871. The highest BCUT2D eigenvalue weighted by atomic mass is 16.5. The predicted molar refractivity (Wildman–Crippen MR) is 94.8 cm³/mol. The first-order chi connectivity index (χ1) is 12.1. The number of aliphatic hydroxyl groups is 1. The average Bonchev–Trinajstić information content (AvgIpc) is 2.79. The Kier molecular flexibility index (Phi) is 4.39. The van der Waals surface area contributed by atoms with Crippen molar-refractivity contribution in [2.75, 3.05) is 19.8 Å². The van der Waals surface area contributed by atoms with Gasteiger partial charge in [0.25, 0.3) is 0 Å². The van der Waals surface area contributed by atoms with Crippen molar-refractivity contribution in [2.45, 2.75) is 37.8 Å². The molecule has 2 aliphatic rings. The molecule has 0 atom stereocenters. The Bertz CT molecular complexity index is 752. The largest absolute Gasteiger partial charge is 0.490 e. The second kappa shape index (κ2) is 6.69. The van der Waals surface area contributed by atoms with E-state index in [-0.39, 0.29) is 0 Å². The summed E-state index contributed by atoms with van der Waals surface area (Å²) in [6.07, 6.45) is 5.82. The third-order valence-corrected chi connectivity index (χ3v) is 4.98. The van der Waals surface area contributed by atoms with Crippen LogP contribution in [0.2, 0.25) is 0 Å². The Morgan fingerprint density at radius 1 is 1.20 bits per heavy atom. The van der Waals surface area contributed by atoms with Crippen molar-refractivity contribution in [3.8, 4) is 22.8 Å². The fraction of sp³-hybridized carbons (Fsp3) is 0.526. The molecule has 6 heteroatoms. The zero-order valence-electron chi connectivity index (χ0n) is 14.6. The molecule has 1 aromatic heterocycles. The van der Waals surface area contributed by atoms with Gasteiger partial charge < -0.3 is 19.9 Å². The highest BCUT2D eigenvalue weighted by Gasteiger charge is 2.33. The Hall–Kier alpha value is -2.05. The third kappa shape index (κ3) is 3.50. The molecular weight excluding hydrogens is 318 g/mol. The molecule has 6 nitrogen and oxygen atoms in total. The summed E-state index contributed by atoms with van der Waals surface area (Å²) in [5, 5.41) is 18.2. The minimum absolute atomic E-state index is 0.516. The lowest BCUT2D eigenvalue weighted by Crippen LogP contribution is -2.45. The molecule has 1 fully saturated rings. The van der Waals surface area contributed by atoms with E-state index in [0.717, 1.165) is 54.0 Å². The van der Waals surface area contributed by atoms with E-state index in [1.165, 1.54) is 0 Å². The van der Waals surface area contributed by atoms with E-state index in [9.17, 15) is 5.11 Å². The lowest BCUT2D eigenvalue weighted by Gasteiger charge is -2.36. The number of rotatable bonds is 5. The molecule has 0 unspecified atom stereocenters. The molecule has 1 saturated carbocycles. The van der Waals surface area contributed by atoms with Crippen LogP contribution in [0.25, 0.3) is 11.3 Å². The minimum atomic E-state index is -0.516. The Morgan fingerprint density at radius 3 is 2.76 bits per heavy atom. The number of nitrogens with zero attached hydrogens (tertiary/aromatic N) is 2. The molecule has 2 aromatic rings. The molecule has 0 amide bonds. The summed E-state index contributed by atoms with van der Waals surface area (Å²) < 4.78 is 13.3. The van der Waals surface area contributed by atoms with Gasteiger partial charge in [0.2, 0.25) is 0 Å². The average molecular weight is 343 g/mol. The number of aryl methyl sites for hydroxylation is 1. The van der Waals surface area contributed by atoms with Gasteiger partial charge in [-0.1, -0.05) is 0 Å². The smallest absolute Gasteiger partial charge is 0.161 e. The van der Waals surface area contributed by atoms with Gasteiger partial charge in [-0.05, 0) is 37.5 Å². The fourth-order valence-corrected chi connectivity index (χ4v) is 3.41. The number of nitrogens with one attached hydrogen (secondary N) is 1. The van der Waals surface area contributed by atoms with E-state index in [1.54, 1.807) is 0 Å². The van der Waals surface area contributed by atoms with Gasteiger partial charge in [-0.3, -0.25) is 4.68 Å². The van der Waals surface area contributed by atoms with Crippen molar-refractivity contribution in [2.24, 2.45) is 7.05 Å². The molecule has 0 bridgehead atoms. The van der Waals surface area contributed by atoms with Crippen LogP contribution in [0.3, 0.4) is 0 Å². The maximum absolute atomic E-state index is 10.2. The molecule has 134 valence electrons. The SMILES string of the molecule is Cn1cc(CNCC2(O)CCC2)c(-c2ccc3c(c2)OCCCO3)n1. The zero-order valence-corrected chi connectivity index (χ0v) is 14.6. The summed E-state index contributed by atoms with van der Waals surface area (Å²) in [5.41, 5.74) is 2.55. The molecule has 1 aromatic carbocycles. The van der Waals surface area contributed by atoms with E-state index in [2.05, 4.69) is 10.4 Å². The maximum atomic E-state index is 10.2. The highest BCUT2D eigenvalue weighted by molar-refractivity contribution is 5.66. The topological polar surface area (TPSA) is 68.5 Å². The van der Waals surface area contributed by atoms with Crippen LogP contribution in [0.1, 0.15) is 31.2 Å². The van der Waals surface area contributed by atoms with E-state index in [4.69, 9.17) is 9.47 Å². The lowest BCUT2D eigenvalue weighted by molar-refractivity contribution is -0.0314. The first kappa shape index (κ1) is 16.4. The van der Waals surface area contributed by atoms with E-state index in [1.807, 2.05) is 36.1 Å². The van der Waals surface area contributed by atoms with Crippen LogP contribution in [-0.4, -0.2) is 40.2 Å². The molecule has 1 aliphatic heterocycles. The summed E-state index contributed by atoms with van der Waals surface area (Å²) >= 11 is 0. The van der Waals surface area contributed by atoms with Crippen molar-refractivity contribution in [1.29, 1.82) is 0 Å². The predicted octanol–water partition coefficient (Wildman–Crippen LogP) is 2.25.